The summed E-state index contributed by atoms with van der Waals surface area (Å²) in [5, 5.41) is 36.5. The molecule has 15 heteroatoms. The van der Waals surface area contributed by atoms with Crippen LogP contribution in [0.2, 0.25) is 18.6 Å². The number of aliphatic hydroxyl groups is 1. The molecule has 9 rings (SSSR count). The SMILES string of the molecule is COc1ccc([Si](C)(C)[C@@H]2[C@@H](CCn3cc(C(CO)c4ccccc4)nn3)O[C@]3(C(=O)N(Cc4cccc(-n5[nH]c6ccccc6c5=O)c4)c4ccc([N+](=O)[O-])cc43)[C@H]2C)cc1. The maximum absolute atomic E-state index is 15.5. The van der Waals surface area contributed by atoms with Crippen LogP contribution in [0, 0.1) is 16.0 Å². The average Bonchev–Trinajstić information content (AvgIpc) is 4.03. The highest BCUT2D eigenvalue weighted by Gasteiger charge is 2.66. The van der Waals surface area contributed by atoms with Gasteiger partial charge in [-0.2, -0.15) is 0 Å². The lowest BCUT2D eigenvalue weighted by molar-refractivity contribution is -0.385. The van der Waals surface area contributed by atoms with Crippen LogP contribution in [0.1, 0.15) is 41.6 Å². The normalized spacial score (nSPS) is 20.2. The highest BCUT2D eigenvalue weighted by atomic mass is 28.3. The van der Waals surface area contributed by atoms with E-state index in [-0.39, 0.29) is 41.8 Å². The molecule has 0 saturated carbocycles. The molecule has 7 aromatic rings. The monoisotopic (exact) mass is 849 g/mol. The molecule has 2 N–H and O–H groups in total. The fraction of sp³-hybridized carbons (Fsp3) is 0.277. The van der Waals surface area contributed by atoms with Crippen LogP contribution in [0.3, 0.4) is 0 Å². The molecule has 1 unspecified atom stereocenters. The highest BCUT2D eigenvalue weighted by Crippen LogP contribution is 2.60. The number of nitrogens with one attached hydrogen (secondary N) is 1. The molecule has 2 aliphatic rings. The minimum Gasteiger partial charge on any atom is -0.497 e. The second kappa shape index (κ2) is 16.0. The molecule has 4 heterocycles. The lowest BCUT2D eigenvalue weighted by atomic mass is 9.82. The lowest BCUT2D eigenvalue weighted by Crippen LogP contribution is -2.51. The fourth-order valence-corrected chi connectivity index (χ4v) is 14.0. The number of anilines is 1. The first-order valence-electron chi connectivity index (χ1n) is 20.7. The van der Waals surface area contributed by atoms with Gasteiger partial charge >= 0.3 is 0 Å². The molecule has 5 atom stereocenters. The van der Waals surface area contributed by atoms with Gasteiger partial charge in [0.15, 0.2) is 5.60 Å². The Labute approximate surface area is 358 Å². The number of hydrogen-bond donors (Lipinski definition) is 2. The number of non-ortho nitro benzene ring substituents is 1. The van der Waals surface area contributed by atoms with Crippen molar-refractivity contribution in [3.8, 4) is 11.4 Å². The van der Waals surface area contributed by atoms with Crippen molar-refractivity contribution in [1.82, 2.24) is 24.8 Å². The van der Waals surface area contributed by atoms with Crippen LogP contribution in [-0.2, 0) is 28.2 Å². The Morgan fingerprint density at radius 1 is 0.968 bits per heavy atom. The van der Waals surface area contributed by atoms with E-state index in [9.17, 15) is 20.0 Å². The molecule has 5 aromatic carbocycles. The second-order valence-corrected chi connectivity index (χ2v) is 21.5. The Bertz CT molecular complexity index is 2860. The third kappa shape index (κ3) is 6.82. The Balaban J connectivity index is 1.09. The van der Waals surface area contributed by atoms with E-state index in [1.807, 2.05) is 91.1 Å². The highest BCUT2D eigenvalue weighted by molar-refractivity contribution is 6.91. The number of nitrogens with zero attached hydrogens (tertiary/aromatic N) is 6. The smallest absolute Gasteiger partial charge is 0.279 e. The van der Waals surface area contributed by atoms with E-state index in [1.54, 1.807) is 28.8 Å². The van der Waals surface area contributed by atoms with Crippen molar-refractivity contribution in [3.63, 3.8) is 0 Å². The Morgan fingerprint density at radius 3 is 2.45 bits per heavy atom. The summed E-state index contributed by atoms with van der Waals surface area (Å²) in [5.41, 5.74) is 2.66. The number of benzene rings is 5. The molecule has 2 aliphatic heterocycles. The van der Waals surface area contributed by atoms with Crippen LogP contribution in [0.4, 0.5) is 11.4 Å². The van der Waals surface area contributed by atoms with E-state index < -0.39 is 30.6 Å². The number of amides is 1. The summed E-state index contributed by atoms with van der Waals surface area (Å²) >= 11 is 0. The van der Waals surface area contributed by atoms with Gasteiger partial charge in [0.2, 0.25) is 0 Å². The number of aromatic amines is 1. The minimum absolute atomic E-state index is 0.131. The van der Waals surface area contributed by atoms with Gasteiger partial charge in [0, 0.05) is 36.4 Å². The fourth-order valence-electron chi connectivity index (χ4n) is 9.96. The van der Waals surface area contributed by atoms with Gasteiger partial charge < -0.3 is 19.5 Å². The van der Waals surface area contributed by atoms with E-state index in [0.29, 0.717) is 46.5 Å². The number of methoxy groups -OCH3 is 1. The van der Waals surface area contributed by atoms with Gasteiger partial charge in [0.05, 0.1) is 73.3 Å². The number of fused-ring (bicyclic) bond motifs is 3. The van der Waals surface area contributed by atoms with Crippen LogP contribution in [0.25, 0.3) is 16.6 Å². The van der Waals surface area contributed by atoms with E-state index >= 15 is 4.79 Å². The van der Waals surface area contributed by atoms with Crippen molar-refractivity contribution < 1.29 is 24.3 Å². The number of H-pyrrole nitrogens is 1. The topological polar surface area (TPSA) is 171 Å². The Hall–Kier alpha value is -6.68. The third-order valence-corrected chi connectivity index (χ3v) is 17.4. The van der Waals surface area contributed by atoms with Crippen LogP contribution in [0.5, 0.6) is 5.75 Å². The van der Waals surface area contributed by atoms with Crippen molar-refractivity contribution in [1.29, 1.82) is 0 Å². The maximum Gasteiger partial charge on any atom is 0.279 e. The molecule has 0 aliphatic carbocycles. The zero-order chi connectivity index (χ0) is 43.3. The summed E-state index contributed by atoms with van der Waals surface area (Å²) in [6.07, 6.45) is 1.86. The molecular weight excluding hydrogens is 803 g/mol. The van der Waals surface area contributed by atoms with Crippen LogP contribution in [-0.4, -0.2) is 68.6 Å². The lowest BCUT2D eigenvalue weighted by Gasteiger charge is -2.37. The predicted octanol–water partition coefficient (Wildman–Crippen LogP) is 6.80. The van der Waals surface area contributed by atoms with Crippen molar-refractivity contribution in [2.24, 2.45) is 5.92 Å². The van der Waals surface area contributed by atoms with Gasteiger partial charge in [-0.25, -0.2) is 4.68 Å². The second-order valence-electron chi connectivity index (χ2n) is 16.8. The molecule has 0 bridgehead atoms. The molecule has 316 valence electrons. The zero-order valence-corrected chi connectivity index (χ0v) is 35.8. The summed E-state index contributed by atoms with van der Waals surface area (Å²) in [4.78, 5) is 42.5. The molecule has 14 nitrogen and oxygen atoms in total. The average molecular weight is 850 g/mol. The van der Waals surface area contributed by atoms with Gasteiger partial charge in [-0.05, 0) is 65.6 Å². The number of hydrogen-bond acceptors (Lipinski definition) is 9. The number of ether oxygens (including phenoxy) is 2. The predicted molar refractivity (Wildman–Crippen MR) is 238 cm³/mol. The summed E-state index contributed by atoms with van der Waals surface area (Å²) in [6, 6.07) is 37.1. The molecule has 2 aromatic heterocycles. The molecular formula is C47H47N7O7Si. The number of aryl methyl sites for hydroxylation is 1. The van der Waals surface area contributed by atoms with Crippen molar-refractivity contribution in [2.45, 2.75) is 62.7 Å². The maximum atomic E-state index is 15.5. The summed E-state index contributed by atoms with van der Waals surface area (Å²) in [5.74, 6) is -0.308. The zero-order valence-electron chi connectivity index (χ0n) is 34.8. The number of nitro groups is 1. The van der Waals surface area contributed by atoms with Crippen molar-refractivity contribution >= 4 is 41.4 Å². The molecule has 1 spiro atoms. The number of carbonyl (C=O) groups is 1. The largest absolute Gasteiger partial charge is 0.497 e. The first-order valence-corrected chi connectivity index (χ1v) is 23.8. The summed E-state index contributed by atoms with van der Waals surface area (Å²) in [6.45, 7) is 7.04. The number of carbonyl (C=O) groups excluding carboxylic acids is 1. The number of aliphatic hydroxyl groups excluding tert-OH is 1. The van der Waals surface area contributed by atoms with E-state index in [4.69, 9.17) is 9.47 Å². The first-order chi connectivity index (χ1) is 29.9. The summed E-state index contributed by atoms with van der Waals surface area (Å²) in [7, 11) is -0.915. The quantitative estimate of drug-likeness (QED) is 0.0720. The van der Waals surface area contributed by atoms with Crippen LogP contribution >= 0.6 is 0 Å². The number of aromatic nitrogens is 5. The first kappa shape index (κ1) is 40.7. The molecule has 1 fully saturated rings. The third-order valence-electron chi connectivity index (χ3n) is 13.1. The van der Waals surface area contributed by atoms with Gasteiger partial charge in [-0.1, -0.05) is 97.1 Å². The van der Waals surface area contributed by atoms with Crippen LogP contribution in [0.15, 0.2) is 132 Å². The molecule has 1 amide bonds. The van der Waals surface area contributed by atoms with Gasteiger partial charge in [-0.15, -0.1) is 5.10 Å². The van der Waals surface area contributed by atoms with E-state index in [0.717, 1.165) is 22.1 Å². The number of nitro benzene ring substituents is 1. The Morgan fingerprint density at radius 2 is 1.73 bits per heavy atom. The standard InChI is InChI=1S/C47H47N7O7Si/c1-30-44(62(3,4)36-20-18-35(60-2)19-21-36)43(23-24-51-28-41(48-50-51)38(29-55)32-12-6-5-7-13-32)61-47(30)39-26-34(54(58)59)17-22-42(39)52(46(47)57)27-31-11-10-14-33(25-31)53-45(56)37-15-8-9-16-40(37)49-53/h5-22,25-26,28,30,38,43-44,49,55H,23-24,27,29H2,1-4H3/t30-,38?,43+,44-,47+/m0/s1. The van der Waals surface area contributed by atoms with E-state index in [2.05, 4.69) is 47.6 Å². The number of para-hydroxylation sites is 1. The minimum atomic E-state index is -2.55. The summed E-state index contributed by atoms with van der Waals surface area (Å²) < 4.78 is 16.0. The van der Waals surface area contributed by atoms with Crippen molar-refractivity contribution in [3.05, 3.63) is 170 Å². The van der Waals surface area contributed by atoms with Crippen molar-refractivity contribution in [2.75, 3.05) is 18.6 Å². The number of rotatable bonds is 13. The van der Waals surface area contributed by atoms with Gasteiger partial charge in [0.25, 0.3) is 17.2 Å². The molecule has 1 saturated heterocycles. The van der Waals surface area contributed by atoms with Crippen LogP contribution < -0.4 is 20.4 Å². The van der Waals surface area contributed by atoms with E-state index in [1.165, 1.54) is 16.8 Å². The van der Waals surface area contributed by atoms with Gasteiger partial charge in [0.1, 0.15) is 5.75 Å². The van der Waals surface area contributed by atoms with Gasteiger partial charge in [-0.3, -0.25) is 29.5 Å². The molecule has 62 heavy (non-hydrogen) atoms. The Kier molecular flexibility index (Phi) is 10.5. The molecule has 0 radical (unpaired) electrons.